The Morgan fingerprint density at radius 1 is 1.12 bits per heavy atom. The number of ether oxygens (including phenoxy) is 2. The number of hydrogen-bond donors (Lipinski definition) is 2. The van der Waals surface area contributed by atoms with Crippen molar-refractivity contribution in [3.05, 3.63) is 34.9 Å². The number of rotatable bonds is 8. The van der Waals surface area contributed by atoms with E-state index in [1.807, 2.05) is 26.0 Å². The molecular weight excluding hydrogens is 414 g/mol. The van der Waals surface area contributed by atoms with Crippen LogP contribution in [-0.4, -0.2) is 60.6 Å². The van der Waals surface area contributed by atoms with E-state index in [0.717, 1.165) is 11.1 Å². The molecule has 2 atom stereocenters. The zero-order valence-corrected chi connectivity index (χ0v) is 20.2. The Balaban J connectivity index is 3.23. The number of likely N-dealkylation sites (N-methyl/N-ethyl adjacent to an activating group) is 1. The Labute approximate surface area is 189 Å². The van der Waals surface area contributed by atoms with Crippen molar-refractivity contribution >= 4 is 23.9 Å². The van der Waals surface area contributed by atoms with Gasteiger partial charge in [-0.1, -0.05) is 23.8 Å². The molecule has 32 heavy (non-hydrogen) atoms. The molecular formula is C23H35N3O6. The average Bonchev–Trinajstić information content (AvgIpc) is 2.68. The first-order valence-corrected chi connectivity index (χ1v) is 10.5. The van der Waals surface area contributed by atoms with Gasteiger partial charge in [0.05, 0.1) is 7.11 Å². The third-order valence-electron chi connectivity index (χ3n) is 4.64. The third kappa shape index (κ3) is 7.86. The van der Waals surface area contributed by atoms with Crippen LogP contribution in [0, 0.1) is 13.8 Å². The highest BCUT2D eigenvalue weighted by Gasteiger charge is 2.34. The van der Waals surface area contributed by atoms with Crippen molar-refractivity contribution < 1.29 is 28.7 Å². The summed E-state index contributed by atoms with van der Waals surface area (Å²) in [6.45, 7) is 12.1. The Bertz CT molecular complexity index is 847. The first-order chi connectivity index (χ1) is 14.8. The topological polar surface area (TPSA) is 114 Å². The molecule has 1 aromatic rings. The minimum atomic E-state index is -0.999. The standard InChI is InChI=1S/C23H35N3O6/c1-9-26(21(29)16(4)25-22(30)32-23(5,6)7)19(20(28)24-13-18(27)31-8)17-11-10-14(2)12-15(17)3/h10-12,16,19H,9,13H2,1-8H3,(H,24,28)(H,25,30). The molecule has 0 fully saturated rings. The van der Waals surface area contributed by atoms with Gasteiger partial charge in [0.2, 0.25) is 11.8 Å². The average molecular weight is 450 g/mol. The lowest BCUT2D eigenvalue weighted by Crippen LogP contribution is -2.52. The molecule has 2 unspecified atom stereocenters. The van der Waals surface area contributed by atoms with Gasteiger partial charge in [0.1, 0.15) is 24.2 Å². The van der Waals surface area contributed by atoms with Gasteiger partial charge in [0, 0.05) is 6.54 Å². The number of benzene rings is 1. The molecule has 0 bridgehead atoms. The summed E-state index contributed by atoms with van der Waals surface area (Å²) in [5, 5.41) is 5.06. The summed E-state index contributed by atoms with van der Waals surface area (Å²) in [5.41, 5.74) is 1.74. The molecule has 0 spiro atoms. The molecule has 3 amide bonds. The van der Waals surface area contributed by atoms with Gasteiger partial charge in [0.25, 0.3) is 0 Å². The predicted octanol–water partition coefficient (Wildman–Crippen LogP) is 2.40. The van der Waals surface area contributed by atoms with Gasteiger partial charge in [-0.05, 0) is 59.6 Å². The van der Waals surface area contributed by atoms with Crippen LogP contribution in [0.2, 0.25) is 0 Å². The monoisotopic (exact) mass is 449 g/mol. The van der Waals surface area contributed by atoms with Crippen molar-refractivity contribution in [1.29, 1.82) is 0 Å². The van der Waals surface area contributed by atoms with Gasteiger partial charge >= 0.3 is 12.1 Å². The number of carbonyl (C=O) groups excluding carboxylic acids is 4. The molecule has 178 valence electrons. The lowest BCUT2D eigenvalue weighted by molar-refractivity contribution is -0.144. The highest BCUT2D eigenvalue weighted by molar-refractivity contribution is 5.93. The molecule has 9 heteroatoms. The second-order valence-corrected chi connectivity index (χ2v) is 8.55. The van der Waals surface area contributed by atoms with Crippen LogP contribution in [0.4, 0.5) is 4.79 Å². The molecule has 0 aromatic heterocycles. The van der Waals surface area contributed by atoms with E-state index in [2.05, 4.69) is 15.4 Å². The maximum absolute atomic E-state index is 13.3. The van der Waals surface area contributed by atoms with Crippen LogP contribution in [0.1, 0.15) is 57.4 Å². The number of nitrogens with zero attached hydrogens (tertiary/aromatic N) is 1. The van der Waals surface area contributed by atoms with Crippen molar-refractivity contribution in [3.63, 3.8) is 0 Å². The smallest absolute Gasteiger partial charge is 0.408 e. The minimum absolute atomic E-state index is 0.197. The molecule has 2 N–H and O–H groups in total. The molecule has 9 nitrogen and oxygen atoms in total. The van der Waals surface area contributed by atoms with Crippen molar-refractivity contribution in [3.8, 4) is 0 Å². The first-order valence-electron chi connectivity index (χ1n) is 10.5. The summed E-state index contributed by atoms with van der Waals surface area (Å²) in [4.78, 5) is 51.4. The van der Waals surface area contributed by atoms with Crippen LogP contribution in [0.5, 0.6) is 0 Å². The summed E-state index contributed by atoms with van der Waals surface area (Å²) in [6.07, 6.45) is -0.729. The van der Waals surface area contributed by atoms with E-state index in [4.69, 9.17) is 4.74 Å². The highest BCUT2D eigenvalue weighted by atomic mass is 16.6. The van der Waals surface area contributed by atoms with Crippen LogP contribution in [0.15, 0.2) is 18.2 Å². The summed E-state index contributed by atoms with van der Waals surface area (Å²) >= 11 is 0. The first kappa shape index (κ1) is 26.9. The molecule has 0 heterocycles. The van der Waals surface area contributed by atoms with E-state index in [9.17, 15) is 19.2 Å². The molecule has 0 aliphatic heterocycles. The van der Waals surface area contributed by atoms with E-state index >= 15 is 0 Å². The number of amides is 3. The molecule has 1 aromatic carbocycles. The fourth-order valence-electron chi connectivity index (χ4n) is 3.17. The number of esters is 1. The van der Waals surface area contributed by atoms with E-state index in [1.54, 1.807) is 33.8 Å². The number of alkyl carbamates (subject to hydrolysis) is 1. The molecule has 0 radical (unpaired) electrons. The lowest BCUT2D eigenvalue weighted by Gasteiger charge is -2.33. The zero-order chi connectivity index (χ0) is 24.6. The second kappa shape index (κ2) is 11.5. The van der Waals surface area contributed by atoms with Crippen LogP contribution >= 0.6 is 0 Å². The van der Waals surface area contributed by atoms with E-state index in [1.165, 1.54) is 18.9 Å². The van der Waals surface area contributed by atoms with E-state index in [-0.39, 0.29) is 13.1 Å². The quantitative estimate of drug-likeness (QED) is 0.589. The molecule has 0 aliphatic rings. The van der Waals surface area contributed by atoms with Crippen molar-refractivity contribution in [1.82, 2.24) is 15.5 Å². The summed E-state index contributed by atoms with van der Waals surface area (Å²) in [7, 11) is 1.22. The number of nitrogens with one attached hydrogen (secondary N) is 2. The number of methoxy groups -OCH3 is 1. The van der Waals surface area contributed by atoms with Gasteiger partial charge < -0.3 is 25.0 Å². The fourth-order valence-corrected chi connectivity index (χ4v) is 3.17. The normalized spacial score (nSPS) is 12.9. The zero-order valence-electron chi connectivity index (χ0n) is 20.2. The lowest BCUT2D eigenvalue weighted by atomic mass is 9.96. The number of aryl methyl sites for hydroxylation is 2. The summed E-state index contributed by atoms with van der Waals surface area (Å²) < 4.78 is 9.81. The van der Waals surface area contributed by atoms with Crippen molar-refractivity contribution in [2.45, 2.75) is 66.2 Å². The van der Waals surface area contributed by atoms with E-state index in [0.29, 0.717) is 5.56 Å². The van der Waals surface area contributed by atoms with Gasteiger partial charge in [-0.25, -0.2) is 4.79 Å². The highest BCUT2D eigenvalue weighted by Crippen LogP contribution is 2.26. The van der Waals surface area contributed by atoms with Gasteiger partial charge in [-0.15, -0.1) is 0 Å². The van der Waals surface area contributed by atoms with Crippen molar-refractivity contribution in [2.75, 3.05) is 20.2 Å². The Hall–Kier alpha value is -3.10. The van der Waals surface area contributed by atoms with Gasteiger partial charge in [0.15, 0.2) is 0 Å². The van der Waals surface area contributed by atoms with Crippen LogP contribution in [0.3, 0.4) is 0 Å². The van der Waals surface area contributed by atoms with Crippen LogP contribution in [0.25, 0.3) is 0 Å². The van der Waals surface area contributed by atoms with Crippen LogP contribution < -0.4 is 10.6 Å². The van der Waals surface area contributed by atoms with E-state index < -0.39 is 41.6 Å². The number of carbonyl (C=O) groups is 4. The molecule has 0 saturated heterocycles. The van der Waals surface area contributed by atoms with Gasteiger partial charge in [-0.2, -0.15) is 0 Å². The third-order valence-corrected chi connectivity index (χ3v) is 4.64. The van der Waals surface area contributed by atoms with Crippen LogP contribution in [-0.2, 0) is 23.9 Å². The maximum Gasteiger partial charge on any atom is 0.408 e. The predicted molar refractivity (Wildman–Crippen MR) is 120 cm³/mol. The molecule has 0 aliphatic carbocycles. The Kier molecular flexibility index (Phi) is 9.68. The van der Waals surface area contributed by atoms with Gasteiger partial charge in [-0.3, -0.25) is 14.4 Å². The number of hydrogen-bond acceptors (Lipinski definition) is 6. The fraction of sp³-hybridized carbons (Fsp3) is 0.565. The largest absolute Gasteiger partial charge is 0.468 e. The second-order valence-electron chi connectivity index (χ2n) is 8.55. The molecule has 0 saturated carbocycles. The summed E-state index contributed by atoms with van der Waals surface area (Å²) in [5.74, 6) is -1.59. The molecule has 1 rings (SSSR count). The Morgan fingerprint density at radius 3 is 2.25 bits per heavy atom. The van der Waals surface area contributed by atoms with Crippen molar-refractivity contribution in [2.24, 2.45) is 0 Å². The minimum Gasteiger partial charge on any atom is -0.468 e. The Morgan fingerprint density at radius 2 is 1.75 bits per heavy atom. The summed E-state index contributed by atoms with van der Waals surface area (Å²) in [6, 6.07) is 3.61. The maximum atomic E-state index is 13.3. The SMILES string of the molecule is CCN(C(=O)C(C)NC(=O)OC(C)(C)C)C(C(=O)NCC(=O)OC)c1ccc(C)cc1C.